The van der Waals surface area contributed by atoms with Gasteiger partial charge in [-0.3, -0.25) is 4.79 Å². The molecular formula is C23H26N4O2. The van der Waals surface area contributed by atoms with Crippen molar-refractivity contribution in [1.82, 2.24) is 19.2 Å². The van der Waals surface area contributed by atoms with Gasteiger partial charge in [0, 0.05) is 31.6 Å². The van der Waals surface area contributed by atoms with Crippen molar-refractivity contribution in [3.05, 3.63) is 81.5 Å². The quantitative estimate of drug-likeness (QED) is 0.690. The minimum Gasteiger partial charge on any atom is -0.338 e. The van der Waals surface area contributed by atoms with Gasteiger partial charge in [0.25, 0.3) is 5.91 Å². The fourth-order valence-corrected chi connectivity index (χ4v) is 4.00. The fraction of sp³-hybridized carbons (Fsp3) is 0.348. The summed E-state index contributed by atoms with van der Waals surface area (Å²) >= 11 is 0. The van der Waals surface area contributed by atoms with Crippen LogP contribution in [0.15, 0.2) is 53.3 Å². The van der Waals surface area contributed by atoms with Crippen LogP contribution in [0.3, 0.4) is 0 Å². The third kappa shape index (κ3) is 3.62. The maximum atomic E-state index is 13.1. The van der Waals surface area contributed by atoms with Crippen LogP contribution in [0.2, 0.25) is 0 Å². The summed E-state index contributed by atoms with van der Waals surface area (Å²) in [5.41, 5.74) is 3.66. The number of hydrogen-bond donors (Lipinski definition) is 0. The molecule has 150 valence electrons. The van der Waals surface area contributed by atoms with Crippen molar-refractivity contribution >= 4 is 5.91 Å². The first-order valence-corrected chi connectivity index (χ1v) is 10.0. The summed E-state index contributed by atoms with van der Waals surface area (Å²) in [6, 6.07) is 15.4. The third-order valence-electron chi connectivity index (χ3n) is 5.79. The van der Waals surface area contributed by atoms with Gasteiger partial charge in [0.15, 0.2) is 0 Å². The van der Waals surface area contributed by atoms with Gasteiger partial charge in [0.1, 0.15) is 5.82 Å². The number of aryl methyl sites for hydroxylation is 3. The number of para-hydroxylation sites is 1. The molecule has 6 heteroatoms. The van der Waals surface area contributed by atoms with Crippen LogP contribution in [0, 0.1) is 13.8 Å². The van der Waals surface area contributed by atoms with E-state index in [9.17, 15) is 9.59 Å². The molecule has 1 aliphatic rings. The van der Waals surface area contributed by atoms with Gasteiger partial charge in [0.05, 0.1) is 5.69 Å². The second-order valence-electron chi connectivity index (χ2n) is 7.82. The normalized spacial score (nSPS) is 16.8. The molecule has 0 saturated carbocycles. The topological polar surface area (TPSA) is 60.1 Å². The maximum absolute atomic E-state index is 13.1. The summed E-state index contributed by atoms with van der Waals surface area (Å²) in [7, 11) is 1.67. The second-order valence-corrected chi connectivity index (χ2v) is 7.82. The van der Waals surface area contributed by atoms with Gasteiger partial charge in [-0.25, -0.2) is 14.0 Å². The lowest BCUT2D eigenvalue weighted by Gasteiger charge is -2.32. The molecule has 0 N–H and O–H groups in total. The third-order valence-corrected chi connectivity index (χ3v) is 5.79. The van der Waals surface area contributed by atoms with Gasteiger partial charge in [-0.1, -0.05) is 24.3 Å². The molecule has 0 aliphatic carbocycles. The van der Waals surface area contributed by atoms with E-state index in [2.05, 4.69) is 5.10 Å². The van der Waals surface area contributed by atoms with Crippen LogP contribution in [-0.2, 0) is 7.05 Å². The molecule has 0 bridgehead atoms. The predicted molar refractivity (Wildman–Crippen MR) is 113 cm³/mol. The zero-order valence-corrected chi connectivity index (χ0v) is 17.1. The molecule has 1 saturated heterocycles. The number of carbonyl (C=O) groups is 1. The number of rotatable bonds is 3. The summed E-state index contributed by atoms with van der Waals surface area (Å²) in [6.07, 6.45) is 1.79. The molecule has 1 atom stereocenters. The number of piperidine rings is 1. The molecule has 2 heterocycles. The van der Waals surface area contributed by atoms with Crippen molar-refractivity contribution in [3.8, 4) is 5.69 Å². The van der Waals surface area contributed by atoms with E-state index in [1.807, 2.05) is 67.3 Å². The Balaban J connectivity index is 1.64. The van der Waals surface area contributed by atoms with E-state index >= 15 is 0 Å². The number of aromatic nitrogens is 3. The summed E-state index contributed by atoms with van der Waals surface area (Å²) in [5, 5.41) is 4.53. The van der Waals surface area contributed by atoms with Gasteiger partial charge in [0.2, 0.25) is 0 Å². The van der Waals surface area contributed by atoms with Crippen molar-refractivity contribution in [2.75, 3.05) is 13.1 Å². The molecule has 6 nitrogen and oxygen atoms in total. The molecule has 1 aromatic heterocycles. The van der Waals surface area contributed by atoms with Crippen molar-refractivity contribution in [3.63, 3.8) is 0 Å². The van der Waals surface area contributed by atoms with E-state index in [0.29, 0.717) is 6.54 Å². The highest BCUT2D eigenvalue weighted by Crippen LogP contribution is 2.27. The average Bonchev–Trinajstić information content (AvgIpc) is 3.05. The highest BCUT2D eigenvalue weighted by atomic mass is 16.2. The Kier molecular flexibility index (Phi) is 5.09. The van der Waals surface area contributed by atoms with Crippen LogP contribution in [0.4, 0.5) is 0 Å². The molecule has 1 fully saturated rings. The highest BCUT2D eigenvalue weighted by Gasteiger charge is 2.30. The zero-order valence-electron chi connectivity index (χ0n) is 17.1. The molecule has 2 aromatic carbocycles. The number of carbonyl (C=O) groups excluding carboxylic acids is 1. The van der Waals surface area contributed by atoms with E-state index in [1.165, 1.54) is 10.2 Å². The van der Waals surface area contributed by atoms with Crippen molar-refractivity contribution in [2.45, 2.75) is 32.6 Å². The number of amides is 1. The Bertz CT molecular complexity index is 1100. The molecule has 1 amide bonds. The highest BCUT2D eigenvalue weighted by molar-refractivity contribution is 5.94. The Hall–Kier alpha value is -3.15. The van der Waals surface area contributed by atoms with Gasteiger partial charge in [-0.2, -0.15) is 5.10 Å². The lowest BCUT2D eigenvalue weighted by atomic mass is 9.96. The molecule has 29 heavy (non-hydrogen) atoms. The summed E-state index contributed by atoms with van der Waals surface area (Å²) in [5.74, 6) is 0.789. The predicted octanol–water partition coefficient (Wildman–Crippen LogP) is 3.21. The molecule has 0 radical (unpaired) electrons. The fourth-order valence-electron chi connectivity index (χ4n) is 4.00. The van der Waals surface area contributed by atoms with Gasteiger partial charge in [-0.15, -0.1) is 0 Å². The van der Waals surface area contributed by atoms with Crippen LogP contribution in [-0.4, -0.2) is 38.2 Å². The Labute approximate surface area is 170 Å². The van der Waals surface area contributed by atoms with E-state index in [0.717, 1.165) is 42.0 Å². The Morgan fingerprint density at radius 2 is 1.83 bits per heavy atom. The summed E-state index contributed by atoms with van der Waals surface area (Å²) in [4.78, 5) is 27.7. The lowest BCUT2D eigenvalue weighted by molar-refractivity contribution is 0.0703. The van der Waals surface area contributed by atoms with Crippen LogP contribution in [0.5, 0.6) is 0 Å². The standard InChI is InChI=1S/C23H26N4O2/c1-16-11-12-18(14-17(16)2)22(28)26-13-7-8-19(15-26)21-24-25(3)23(29)27(21)20-9-5-4-6-10-20/h4-6,9-12,14,19H,7-8,13,15H2,1-3H3. The number of benzene rings is 2. The Morgan fingerprint density at radius 1 is 1.07 bits per heavy atom. The van der Waals surface area contributed by atoms with E-state index in [1.54, 1.807) is 11.6 Å². The maximum Gasteiger partial charge on any atom is 0.350 e. The summed E-state index contributed by atoms with van der Waals surface area (Å²) < 4.78 is 3.06. The van der Waals surface area contributed by atoms with E-state index < -0.39 is 0 Å². The largest absolute Gasteiger partial charge is 0.350 e. The SMILES string of the molecule is Cc1ccc(C(=O)N2CCCC(c3nn(C)c(=O)n3-c3ccccc3)C2)cc1C. The number of hydrogen-bond acceptors (Lipinski definition) is 3. The van der Waals surface area contributed by atoms with Gasteiger partial charge >= 0.3 is 5.69 Å². The molecule has 4 rings (SSSR count). The van der Waals surface area contributed by atoms with Crippen LogP contribution in [0.25, 0.3) is 5.69 Å². The van der Waals surface area contributed by atoms with Crippen molar-refractivity contribution < 1.29 is 4.79 Å². The first kappa shape index (κ1) is 19.2. The smallest absolute Gasteiger partial charge is 0.338 e. The average molecular weight is 390 g/mol. The Morgan fingerprint density at radius 3 is 2.55 bits per heavy atom. The minimum absolute atomic E-state index is 0.0216. The molecule has 3 aromatic rings. The molecule has 0 spiro atoms. The first-order chi connectivity index (χ1) is 14.0. The van der Waals surface area contributed by atoms with Gasteiger partial charge in [-0.05, 0) is 62.1 Å². The lowest BCUT2D eigenvalue weighted by Crippen LogP contribution is -2.40. The van der Waals surface area contributed by atoms with Gasteiger partial charge < -0.3 is 4.90 Å². The van der Waals surface area contributed by atoms with Crippen LogP contribution < -0.4 is 5.69 Å². The minimum atomic E-state index is -0.163. The second kappa shape index (κ2) is 7.70. The van der Waals surface area contributed by atoms with Crippen LogP contribution >= 0.6 is 0 Å². The summed E-state index contributed by atoms with van der Waals surface area (Å²) in [6.45, 7) is 5.36. The van der Waals surface area contributed by atoms with E-state index in [4.69, 9.17) is 0 Å². The van der Waals surface area contributed by atoms with Crippen molar-refractivity contribution in [2.24, 2.45) is 7.05 Å². The molecule has 1 aliphatic heterocycles. The van der Waals surface area contributed by atoms with Crippen molar-refractivity contribution in [1.29, 1.82) is 0 Å². The van der Waals surface area contributed by atoms with E-state index in [-0.39, 0.29) is 17.5 Å². The zero-order chi connectivity index (χ0) is 20.5. The first-order valence-electron chi connectivity index (χ1n) is 10.0. The monoisotopic (exact) mass is 390 g/mol. The number of likely N-dealkylation sites (tertiary alicyclic amines) is 1. The van der Waals surface area contributed by atoms with Crippen LogP contribution in [0.1, 0.15) is 46.1 Å². The molecular weight excluding hydrogens is 364 g/mol. The number of nitrogens with zero attached hydrogens (tertiary/aromatic N) is 4. The molecule has 1 unspecified atom stereocenters.